The maximum Gasteiger partial charge on any atom is 0.0991 e. The molecule has 0 fully saturated rings. The molecule has 6 aromatic rings. The van der Waals surface area contributed by atoms with Gasteiger partial charge in [0.15, 0.2) is 0 Å². The van der Waals surface area contributed by atoms with Crippen LogP contribution < -0.4 is 0 Å². The number of hydrogen-bond donors (Lipinski definition) is 0. The summed E-state index contributed by atoms with van der Waals surface area (Å²) in [5.74, 6) is 0. The molecular formula is C41H29N. The second-order valence-corrected chi connectivity index (χ2v) is 12.0. The van der Waals surface area contributed by atoms with Gasteiger partial charge in [-0.1, -0.05) is 135 Å². The Kier molecular flexibility index (Phi) is 5.21. The fourth-order valence-corrected chi connectivity index (χ4v) is 7.78. The Labute approximate surface area is 247 Å². The Bertz CT molecular complexity index is 2040. The second kappa shape index (κ2) is 8.90. The Morgan fingerprint density at radius 1 is 0.452 bits per heavy atom. The van der Waals surface area contributed by atoms with Gasteiger partial charge in [0.25, 0.3) is 0 Å². The molecule has 42 heavy (non-hydrogen) atoms. The zero-order valence-electron chi connectivity index (χ0n) is 23.7. The van der Waals surface area contributed by atoms with Crippen LogP contribution in [0.4, 0.5) is 0 Å². The van der Waals surface area contributed by atoms with Crippen molar-refractivity contribution in [2.75, 3.05) is 0 Å². The topological polar surface area (TPSA) is 23.8 Å². The van der Waals surface area contributed by atoms with Crippen molar-refractivity contribution in [2.24, 2.45) is 0 Å². The first-order valence-electron chi connectivity index (χ1n) is 14.6. The predicted molar refractivity (Wildman–Crippen MR) is 171 cm³/mol. The van der Waals surface area contributed by atoms with Crippen LogP contribution in [0.3, 0.4) is 0 Å². The molecule has 0 atom stereocenters. The van der Waals surface area contributed by atoms with Crippen molar-refractivity contribution in [3.8, 4) is 39.4 Å². The quantitative estimate of drug-likeness (QED) is 0.216. The third-order valence-electron chi connectivity index (χ3n) is 9.58. The molecule has 0 saturated heterocycles. The molecule has 0 saturated carbocycles. The van der Waals surface area contributed by atoms with Crippen LogP contribution in [-0.4, -0.2) is 0 Å². The zero-order valence-corrected chi connectivity index (χ0v) is 23.7. The number of nitriles is 1. The van der Waals surface area contributed by atoms with Gasteiger partial charge in [0.1, 0.15) is 0 Å². The van der Waals surface area contributed by atoms with Crippen LogP contribution in [0.5, 0.6) is 0 Å². The summed E-state index contributed by atoms with van der Waals surface area (Å²) in [7, 11) is 0. The number of benzene rings is 6. The normalized spacial score (nSPS) is 14.8. The Hall–Kier alpha value is -5.19. The Balaban J connectivity index is 1.45. The van der Waals surface area contributed by atoms with Crippen molar-refractivity contribution < 1.29 is 0 Å². The largest absolute Gasteiger partial charge is 0.192 e. The fraction of sp³-hybridized carbons (Fsp3) is 0.0976. The molecule has 0 radical (unpaired) electrons. The third-order valence-corrected chi connectivity index (χ3v) is 9.58. The lowest BCUT2D eigenvalue weighted by molar-refractivity contribution is 0.563. The average Bonchev–Trinajstić information content (AvgIpc) is 3.35. The van der Waals surface area contributed by atoms with Crippen molar-refractivity contribution >= 4 is 0 Å². The molecule has 1 nitrogen and oxygen atoms in total. The van der Waals surface area contributed by atoms with Gasteiger partial charge in [-0.3, -0.25) is 0 Å². The van der Waals surface area contributed by atoms with E-state index in [2.05, 4.69) is 141 Å². The fourth-order valence-electron chi connectivity index (χ4n) is 7.78. The lowest BCUT2D eigenvalue weighted by atomic mass is 9.55. The van der Waals surface area contributed by atoms with E-state index in [1.807, 2.05) is 18.2 Å². The monoisotopic (exact) mass is 535 g/mol. The minimum absolute atomic E-state index is 0.111. The molecule has 0 unspecified atom stereocenters. The molecule has 198 valence electrons. The van der Waals surface area contributed by atoms with Crippen molar-refractivity contribution in [1.82, 2.24) is 0 Å². The summed E-state index contributed by atoms with van der Waals surface area (Å²) >= 11 is 0. The zero-order chi connectivity index (χ0) is 28.5. The summed E-state index contributed by atoms with van der Waals surface area (Å²) in [5, 5.41) is 9.48. The molecule has 2 aliphatic carbocycles. The van der Waals surface area contributed by atoms with Crippen LogP contribution in [0.15, 0.2) is 140 Å². The maximum absolute atomic E-state index is 9.48. The first kappa shape index (κ1) is 24.6. The van der Waals surface area contributed by atoms with Crippen molar-refractivity contribution in [3.05, 3.63) is 178 Å². The van der Waals surface area contributed by atoms with Gasteiger partial charge in [-0.15, -0.1) is 0 Å². The van der Waals surface area contributed by atoms with E-state index < -0.39 is 5.41 Å². The maximum atomic E-state index is 9.48. The van der Waals surface area contributed by atoms with Crippen LogP contribution in [0.2, 0.25) is 0 Å². The van der Waals surface area contributed by atoms with Gasteiger partial charge in [-0.05, 0) is 85.0 Å². The molecule has 0 N–H and O–H groups in total. The van der Waals surface area contributed by atoms with Crippen molar-refractivity contribution in [3.63, 3.8) is 0 Å². The average molecular weight is 536 g/mol. The van der Waals surface area contributed by atoms with E-state index >= 15 is 0 Å². The summed E-state index contributed by atoms with van der Waals surface area (Å²) in [6, 6.07) is 52.9. The van der Waals surface area contributed by atoms with Crippen molar-refractivity contribution in [2.45, 2.75) is 24.7 Å². The van der Waals surface area contributed by atoms with Gasteiger partial charge in [-0.2, -0.15) is 5.26 Å². The molecule has 0 amide bonds. The molecule has 2 aliphatic rings. The van der Waals surface area contributed by atoms with E-state index in [1.54, 1.807) is 0 Å². The first-order chi connectivity index (χ1) is 20.5. The molecule has 0 aliphatic heterocycles. The standard InChI is InChI=1S/C41H29N/c1-40(2)34-19-5-7-21-36(34)41(37-22-8-6-20-35(37)40)33-18-4-3-16-32(33)39-31(17-11-23-38(39)41)30-15-10-14-29(25-30)28-13-9-12-27(24-28)26-42/h3-25H,1-2H3. The summed E-state index contributed by atoms with van der Waals surface area (Å²) in [6.07, 6.45) is 0. The van der Waals surface area contributed by atoms with Crippen molar-refractivity contribution in [1.29, 1.82) is 5.26 Å². The third kappa shape index (κ3) is 3.18. The van der Waals surface area contributed by atoms with Crippen LogP contribution in [-0.2, 0) is 10.8 Å². The Morgan fingerprint density at radius 3 is 1.64 bits per heavy atom. The van der Waals surface area contributed by atoms with E-state index in [0.29, 0.717) is 5.56 Å². The van der Waals surface area contributed by atoms with E-state index in [9.17, 15) is 5.26 Å². The van der Waals surface area contributed by atoms with Gasteiger partial charge < -0.3 is 0 Å². The summed E-state index contributed by atoms with van der Waals surface area (Å²) in [4.78, 5) is 0. The highest BCUT2D eigenvalue weighted by Gasteiger charge is 2.53. The van der Waals surface area contributed by atoms with E-state index in [0.717, 1.165) is 11.1 Å². The minimum atomic E-state index is -0.399. The highest BCUT2D eigenvalue weighted by atomic mass is 14.5. The molecule has 0 heterocycles. The van der Waals surface area contributed by atoms with Gasteiger partial charge >= 0.3 is 0 Å². The number of rotatable bonds is 2. The molecule has 8 rings (SSSR count). The smallest absolute Gasteiger partial charge is 0.0991 e. The minimum Gasteiger partial charge on any atom is -0.192 e. The summed E-state index contributed by atoms with van der Waals surface area (Å²) in [5.41, 5.74) is 15.5. The first-order valence-corrected chi connectivity index (χ1v) is 14.6. The summed E-state index contributed by atoms with van der Waals surface area (Å²) in [6.45, 7) is 4.73. The Morgan fingerprint density at radius 2 is 0.952 bits per heavy atom. The lowest BCUT2D eigenvalue weighted by Crippen LogP contribution is -2.40. The number of hydrogen-bond acceptors (Lipinski definition) is 1. The molecular weight excluding hydrogens is 506 g/mol. The predicted octanol–water partition coefficient (Wildman–Crippen LogP) is 9.89. The van der Waals surface area contributed by atoms with E-state index in [1.165, 1.54) is 55.6 Å². The molecule has 0 aromatic heterocycles. The van der Waals surface area contributed by atoms with Crippen LogP contribution in [0, 0.1) is 11.3 Å². The van der Waals surface area contributed by atoms with Crippen LogP contribution in [0.1, 0.15) is 52.8 Å². The molecule has 1 spiro atoms. The lowest BCUT2D eigenvalue weighted by Gasteiger charge is -2.46. The SMILES string of the molecule is CC1(C)c2ccccc2C2(c3ccccc3-c3c(-c4cccc(-c5cccc(C#N)c5)c4)cccc32)c2ccccc21. The van der Waals surface area contributed by atoms with Gasteiger partial charge in [-0.25, -0.2) is 0 Å². The highest BCUT2D eigenvalue weighted by Crippen LogP contribution is 2.63. The number of fused-ring (bicyclic) bond motifs is 9. The second-order valence-electron chi connectivity index (χ2n) is 12.0. The van der Waals surface area contributed by atoms with Gasteiger partial charge in [0.2, 0.25) is 0 Å². The molecule has 1 heteroatoms. The summed E-state index contributed by atoms with van der Waals surface area (Å²) < 4.78 is 0. The molecule has 6 aromatic carbocycles. The van der Waals surface area contributed by atoms with E-state index in [4.69, 9.17) is 0 Å². The van der Waals surface area contributed by atoms with E-state index in [-0.39, 0.29) is 5.41 Å². The van der Waals surface area contributed by atoms with Crippen LogP contribution >= 0.6 is 0 Å². The molecule has 0 bridgehead atoms. The van der Waals surface area contributed by atoms with Gasteiger partial charge in [0, 0.05) is 5.41 Å². The van der Waals surface area contributed by atoms with Crippen LogP contribution in [0.25, 0.3) is 33.4 Å². The number of nitrogens with zero attached hydrogens (tertiary/aromatic N) is 1. The highest BCUT2D eigenvalue weighted by molar-refractivity contribution is 5.97. The van der Waals surface area contributed by atoms with Gasteiger partial charge in [0.05, 0.1) is 17.0 Å².